The first-order valence-corrected chi connectivity index (χ1v) is 7.32. The molecule has 4 nitrogen and oxygen atoms in total. The zero-order chi connectivity index (χ0) is 13.4. The Morgan fingerprint density at radius 1 is 1.39 bits per heavy atom. The second kappa shape index (κ2) is 8.24. The molecule has 0 saturated carbocycles. The third-order valence-electron chi connectivity index (χ3n) is 2.92. The van der Waals surface area contributed by atoms with Crippen LogP contribution >= 0.6 is 11.3 Å². The van der Waals surface area contributed by atoms with Crippen molar-refractivity contribution in [3.8, 4) is 0 Å². The molecule has 1 aromatic heterocycles. The lowest BCUT2D eigenvalue weighted by molar-refractivity contribution is 0.0956. The second-order valence-corrected chi connectivity index (χ2v) is 5.27. The van der Waals surface area contributed by atoms with Gasteiger partial charge in [0.15, 0.2) is 0 Å². The summed E-state index contributed by atoms with van der Waals surface area (Å²) in [7, 11) is 0. The van der Waals surface area contributed by atoms with E-state index in [0.717, 1.165) is 42.4 Å². The van der Waals surface area contributed by atoms with Gasteiger partial charge in [-0.1, -0.05) is 13.8 Å². The summed E-state index contributed by atoms with van der Waals surface area (Å²) in [5.41, 5.74) is 5.52. The fourth-order valence-corrected chi connectivity index (χ4v) is 2.54. The van der Waals surface area contributed by atoms with Crippen LogP contribution in [-0.2, 0) is 6.54 Å². The number of hydrogen-bond acceptors (Lipinski definition) is 4. The molecule has 1 rings (SSSR count). The lowest BCUT2D eigenvalue weighted by Gasteiger charge is -2.17. The number of nitrogens with zero attached hydrogens (tertiary/aromatic N) is 1. The van der Waals surface area contributed by atoms with E-state index in [4.69, 9.17) is 5.73 Å². The van der Waals surface area contributed by atoms with Crippen LogP contribution in [0.3, 0.4) is 0 Å². The van der Waals surface area contributed by atoms with Crippen LogP contribution in [0.2, 0.25) is 0 Å². The first kappa shape index (κ1) is 15.1. The van der Waals surface area contributed by atoms with Gasteiger partial charge in [0, 0.05) is 18.0 Å². The van der Waals surface area contributed by atoms with E-state index < -0.39 is 0 Å². The predicted molar refractivity (Wildman–Crippen MR) is 76.9 cm³/mol. The number of nitrogens with one attached hydrogen (secondary N) is 1. The summed E-state index contributed by atoms with van der Waals surface area (Å²) in [5.74, 6) is 0.0132. The van der Waals surface area contributed by atoms with Crippen LogP contribution in [0.15, 0.2) is 12.1 Å². The van der Waals surface area contributed by atoms with E-state index in [1.807, 2.05) is 12.1 Å². The number of rotatable bonds is 8. The van der Waals surface area contributed by atoms with Crippen molar-refractivity contribution in [1.29, 1.82) is 0 Å². The first-order chi connectivity index (χ1) is 8.71. The molecule has 1 amide bonds. The van der Waals surface area contributed by atoms with Gasteiger partial charge in [0.25, 0.3) is 5.91 Å². The van der Waals surface area contributed by atoms with Gasteiger partial charge in [-0.15, -0.1) is 11.3 Å². The van der Waals surface area contributed by atoms with Crippen LogP contribution in [0.25, 0.3) is 0 Å². The lowest BCUT2D eigenvalue weighted by atomic mass is 10.3. The van der Waals surface area contributed by atoms with Crippen molar-refractivity contribution in [3.05, 3.63) is 21.9 Å². The molecule has 0 radical (unpaired) electrons. The molecule has 102 valence electrons. The van der Waals surface area contributed by atoms with E-state index in [0.29, 0.717) is 6.54 Å². The molecule has 0 aromatic carbocycles. The first-order valence-electron chi connectivity index (χ1n) is 6.50. The van der Waals surface area contributed by atoms with Crippen LogP contribution in [0.4, 0.5) is 0 Å². The minimum Gasteiger partial charge on any atom is -0.351 e. The summed E-state index contributed by atoms with van der Waals surface area (Å²) in [5, 5.41) is 2.94. The van der Waals surface area contributed by atoms with Gasteiger partial charge in [-0.05, 0) is 38.2 Å². The second-order valence-electron chi connectivity index (χ2n) is 4.11. The van der Waals surface area contributed by atoms with Crippen LogP contribution in [0, 0.1) is 0 Å². The molecule has 0 atom stereocenters. The highest BCUT2D eigenvalue weighted by atomic mass is 32.1. The fraction of sp³-hybridized carbons (Fsp3) is 0.615. The van der Waals surface area contributed by atoms with Crippen LogP contribution < -0.4 is 11.1 Å². The molecule has 0 spiro atoms. The van der Waals surface area contributed by atoms with Crippen molar-refractivity contribution < 1.29 is 4.79 Å². The Balaban J connectivity index is 2.25. The number of amides is 1. The topological polar surface area (TPSA) is 58.4 Å². The smallest absolute Gasteiger partial charge is 0.261 e. The van der Waals surface area contributed by atoms with Gasteiger partial charge in [0.2, 0.25) is 0 Å². The quantitative estimate of drug-likeness (QED) is 0.706. The molecule has 0 aliphatic carbocycles. The monoisotopic (exact) mass is 269 g/mol. The average molecular weight is 269 g/mol. The third kappa shape index (κ3) is 4.76. The standard InChI is InChI=1S/C13H23N3OS/c1-3-16(4-2)9-5-8-15-13(17)12-7-6-11(10-14)18-12/h6-7H,3-5,8-10,14H2,1-2H3,(H,15,17). The summed E-state index contributed by atoms with van der Waals surface area (Å²) >= 11 is 1.47. The Morgan fingerprint density at radius 2 is 2.11 bits per heavy atom. The van der Waals surface area contributed by atoms with Crippen molar-refractivity contribution in [3.63, 3.8) is 0 Å². The lowest BCUT2D eigenvalue weighted by Crippen LogP contribution is -2.29. The highest BCUT2D eigenvalue weighted by Gasteiger charge is 2.08. The number of hydrogen-bond donors (Lipinski definition) is 2. The van der Waals surface area contributed by atoms with E-state index in [1.54, 1.807) is 0 Å². The molecule has 0 aliphatic heterocycles. The summed E-state index contributed by atoms with van der Waals surface area (Å²) in [6.45, 7) is 8.70. The van der Waals surface area contributed by atoms with E-state index in [1.165, 1.54) is 11.3 Å². The molecule has 5 heteroatoms. The minimum absolute atomic E-state index is 0.0132. The van der Waals surface area contributed by atoms with Crippen molar-refractivity contribution in [2.45, 2.75) is 26.8 Å². The van der Waals surface area contributed by atoms with Crippen LogP contribution in [0.5, 0.6) is 0 Å². The predicted octanol–water partition coefficient (Wildman–Crippen LogP) is 1.67. The van der Waals surface area contributed by atoms with Gasteiger partial charge < -0.3 is 16.0 Å². The van der Waals surface area contributed by atoms with Gasteiger partial charge in [-0.3, -0.25) is 4.79 Å². The molecule has 0 aliphatic rings. The number of carbonyl (C=O) groups excluding carboxylic acids is 1. The molecule has 0 fully saturated rings. The molecular weight excluding hydrogens is 246 g/mol. The maximum Gasteiger partial charge on any atom is 0.261 e. The molecule has 18 heavy (non-hydrogen) atoms. The Bertz CT molecular complexity index is 361. The van der Waals surface area contributed by atoms with Crippen molar-refractivity contribution in [2.75, 3.05) is 26.2 Å². The van der Waals surface area contributed by atoms with Gasteiger partial charge in [-0.25, -0.2) is 0 Å². The van der Waals surface area contributed by atoms with Crippen molar-refractivity contribution >= 4 is 17.2 Å². The Hall–Kier alpha value is -0.910. The fourth-order valence-electron chi connectivity index (χ4n) is 1.74. The molecular formula is C13H23N3OS. The Morgan fingerprint density at radius 3 is 2.67 bits per heavy atom. The van der Waals surface area contributed by atoms with E-state index in [2.05, 4.69) is 24.1 Å². The summed E-state index contributed by atoms with van der Waals surface area (Å²) in [4.78, 5) is 15.9. The van der Waals surface area contributed by atoms with Gasteiger partial charge in [0.05, 0.1) is 4.88 Å². The summed E-state index contributed by atoms with van der Waals surface area (Å²) < 4.78 is 0. The minimum atomic E-state index is 0.0132. The molecule has 0 saturated heterocycles. The van der Waals surface area contributed by atoms with Crippen molar-refractivity contribution in [2.24, 2.45) is 5.73 Å². The molecule has 1 heterocycles. The normalized spacial score (nSPS) is 10.9. The summed E-state index contributed by atoms with van der Waals surface area (Å²) in [6.07, 6.45) is 0.989. The average Bonchev–Trinajstić information content (AvgIpc) is 2.87. The summed E-state index contributed by atoms with van der Waals surface area (Å²) in [6, 6.07) is 3.75. The van der Waals surface area contributed by atoms with Gasteiger partial charge >= 0.3 is 0 Å². The Labute approximate surface area is 113 Å². The Kier molecular flexibility index (Phi) is 6.93. The van der Waals surface area contributed by atoms with E-state index in [9.17, 15) is 4.79 Å². The molecule has 1 aromatic rings. The molecule has 0 bridgehead atoms. The van der Waals surface area contributed by atoms with Gasteiger partial charge in [0.1, 0.15) is 0 Å². The number of carbonyl (C=O) groups is 1. The van der Waals surface area contributed by atoms with Crippen LogP contribution in [0.1, 0.15) is 34.8 Å². The number of nitrogens with two attached hydrogens (primary N) is 1. The van der Waals surface area contributed by atoms with Crippen LogP contribution in [-0.4, -0.2) is 37.0 Å². The third-order valence-corrected chi connectivity index (χ3v) is 4.02. The highest BCUT2D eigenvalue weighted by Crippen LogP contribution is 2.15. The number of thiophene rings is 1. The molecule has 0 unspecified atom stereocenters. The maximum absolute atomic E-state index is 11.8. The zero-order valence-electron chi connectivity index (χ0n) is 11.2. The van der Waals surface area contributed by atoms with Gasteiger partial charge in [-0.2, -0.15) is 0 Å². The van der Waals surface area contributed by atoms with Crippen molar-refractivity contribution in [1.82, 2.24) is 10.2 Å². The molecule has 3 N–H and O–H groups in total. The maximum atomic E-state index is 11.8. The largest absolute Gasteiger partial charge is 0.351 e. The highest BCUT2D eigenvalue weighted by molar-refractivity contribution is 7.14. The van der Waals surface area contributed by atoms with E-state index in [-0.39, 0.29) is 5.91 Å². The van der Waals surface area contributed by atoms with E-state index >= 15 is 0 Å². The SMILES string of the molecule is CCN(CC)CCCNC(=O)c1ccc(CN)s1. The zero-order valence-corrected chi connectivity index (χ0v) is 12.1.